The van der Waals surface area contributed by atoms with E-state index in [0.29, 0.717) is 22.5 Å². The van der Waals surface area contributed by atoms with Crippen LogP contribution in [0.5, 0.6) is 0 Å². The molecule has 3 rings (SSSR count). The van der Waals surface area contributed by atoms with Crippen LogP contribution in [0, 0.1) is 0 Å². The van der Waals surface area contributed by atoms with E-state index in [1.807, 2.05) is 53.1 Å². The van der Waals surface area contributed by atoms with Gasteiger partial charge < -0.3 is 5.32 Å². The first-order chi connectivity index (χ1) is 13.6. The third-order valence-electron chi connectivity index (χ3n) is 4.15. The number of allylic oxidation sites excluding steroid dienone is 1. The van der Waals surface area contributed by atoms with Crippen molar-refractivity contribution in [2.75, 3.05) is 11.1 Å². The van der Waals surface area contributed by atoms with E-state index in [4.69, 9.17) is 11.6 Å². The molecule has 0 saturated heterocycles. The van der Waals surface area contributed by atoms with Crippen LogP contribution in [0.25, 0.3) is 11.4 Å². The Morgan fingerprint density at radius 3 is 2.71 bits per heavy atom. The molecule has 1 amide bonds. The molecule has 0 radical (unpaired) electrons. The molecule has 0 saturated carbocycles. The SMILES string of the molecule is C=CCn1c(SCC(=O)Nc2ccccc2CC)nnc1-c1ccccc1Cl. The van der Waals surface area contributed by atoms with Crippen molar-refractivity contribution in [3.8, 4) is 11.4 Å². The minimum Gasteiger partial charge on any atom is -0.325 e. The first-order valence-electron chi connectivity index (χ1n) is 8.93. The molecule has 0 bridgehead atoms. The Bertz CT molecular complexity index is 986. The lowest BCUT2D eigenvalue weighted by Crippen LogP contribution is -2.15. The summed E-state index contributed by atoms with van der Waals surface area (Å²) in [5.41, 5.74) is 2.75. The Morgan fingerprint density at radius 2 is 1.96 bits per heavy atom. The van der Waals surface area contributed by atoms with Gasteiger partial charge in [-0.25, -0.2) is 0 Å². The standard InChI is InChI=1S/C21H21ClN4OS/c1-3-13-26-20(16-10-6-7-11-17(16)22)24-25-21(26)28-14-19(27)23-18-12-8-5-9-15(18)4-2/h3,5-12H,1,4,13-14H2,2H3,(H,23,27). The summed E-state index contributed by atoms with van der Waals surface area (Å²) in [6, 6.07) is 15.3. The fourth-order valence-corrected chi connectivity index (χ4v) is 3.77. The topological polar surface area (TPSA) is 59.8 Å². The number of aryl methyl sites for hydroxylation is 1. The van der Waals surface area contributed by atoms with Gasteiger partial charge >= 0.3 is 0 Å². The third kappa shape index (κ3) is 4.64. The van der Waals surface area contributed by atoms with Crippen LogP contribution in [0.1, 0.15) is 12.5 Å². The first kappa shape index (κ1) is 20.2. The van der Waals surface area contributed by atoms with Gasteiger partial charge in [0.2, 0.25) is 5.91 Å². The van der Waals surface area contributed by atoms with Crippen molar-refractivity contribution in [2.45, 2.75) is 25.0 Å². The highest BCUT2D eigenvalue weighted by molar-refractivity contribution is 7.99. The van der Waals surface area contributed by atoms with Crippen molar-refractivity contribution < 1.29 is 4.79 Å². The number of carbonyl (C=O) groups excluding carboxylic acids is 1. The van der Waals surface area contributed by atoms with Crippen LogP contribution in [0.3, 0.4) is 0 Å². The second kappa shape index (κ2) is 9.57. The fourth-order valence-electron chi connectivity index (χ4n) is 2.80. The lowest BCUT2D eigenvalue weighted by Gasteiger charge is -2.10. The zero-order valence-electron chi connectivity index (χ0n) is 15.6. The van der Waals surface area contributed by atoms with Crippen molar-refractivity contribution in [2.24, 2.45) is 0 Å². The highest BCUT2D eigenvalue weighted by Crippen LogP contribution is 2.29. The Hall–Kier alpha value is -2.57. The number of hydrogen-bond acceptors (Lipinski definition) is 4. The first-order valence-corrected chi connectivity index (χ1v) is 10.3. The van der Waals surface area contributed by atoms with Crippen molar-refractivity contribution in [1.29, 1.82) is 0 Å². The number of para-hydroxylation sites is 1. The van der Waals surface area contributed by atoms with Crippen molar-refractivity contribution in [3.63, 3.8) is 0 Å². The highest BCUT2D eigenvalue weighted by Gasteiger charge is 2.17. The third-order valence-corrected chi connectivity index (χ3v) is 5.44. The molecule has 0 spiro atoms. The van der Waals surface area contributed by atoms with E-state index in [0.717, 1.165) is 23.2 Å². The summed E-state index contributed by atoms with van der Waals surface area (Å²) >= 11 is 7.64. The number of nitrogens with zero attached hydrogens (tertiary/aromatic N) is 3. The molecule has 2 aromatic carbocycles. The fraction of sp³-hybridized carbons (Fsp3) is 0.190. The number of halogens is 1. The van der Waals surface area contributed by atoms with Gasteiger partial charge in [0, 0.05) is 17.8 Å². The Kier molecular flexibility index (Phi) is 6.90. The molecule has 1 heterocycles. The molecule has 1 aromatic heterocycles. The minimum absolute atomic E-state index is 0.0849. The summed E-state index contributed by atoms with van der Waals surface area (Å²) in [5, 5.41) is 12.8. The Morgan fingerprint density at radius 1 is 1.21 bits per heavy atom. The summed E-state index contributed by atoms with van der Waals surface area (Å²) < 4.78 is 1.91. The molecule has 0 fully saturated rings. The van der Waals surface area contributed by atoms with Gasteiger partial charge in [-0.1, -0.05) is 66.7 Å². The zero-order chi connectivity index (χ0) is 19.9. The molecule has 3 aromatic rings. The maximum atomic E-state index is 12.4. The molecule has 144 valence electrons. The van der Waals surface area contributed by atoms with Gasteiger partial charge in [-0.2, -0.15) is 0 Å². The molecule has 0 aliphatic carbocycles. The number of hydrogen-bond donors (Lipinski definition) is 1. The number of amides is 1. The normalized spacial score (nSPS) is 10.6. The van der Waals surface area contributed by atoms with Crippen LogP contribution in [-0.4, -0.2) is 26.4 Å². The van der Waals surface area contributed by atoms with Crippen LogP contribution in [0.2, 0.25) is 5.02 Å². The predicted octanol–water partition coefficient (Wildman–Crippen LogP) is 5.08. The second-order valence-corrected chi connectivity index (χ2v) is 7.38. The smallest absolute Gasteiger partial charge is 0.234 e. The average molecular weight is 413 g/mol. The predicted molar refractivity (Wildman–Crippen MR) is 116 cm³/mol. The van der Waals surface area contributed by atoms with Crippen molar-refractivity contribution in [3.05, 3.63) is 71.8 Å². The molecule has 0 aliphatic rings. The van der Waals surface area contributed by atoms with Gasteiger partial charge in [0.15, 0.2) is 11.0 Å². The maximum Gasteiger partial charge on any atom is 0.234 e. The lowest BCUT2D eigenvalue weighted by atomic mass is 10.1. The van der Waals surface area contributed by atoms with Crippen molar-refractivity contribution in [1.82, 2.24) is 14.8 Å². The van der Waals surface area contributed by atoms with Gasteiger partial charge in [0.05, 0.1) is 10.8 Å². The van der Waals surface area contributed by atoms with Crippen LogP contribution in [0.15, 0.2) is 66.3 Å². The van der Waals surface area contributed by atoms with Gasteiger partial charge in [-0.3, -0.25) is 9.36 Å². The molecule has 0 unspecified atom stereocenters. The Balaban J connectivity index is 1.75. The number of carbonyl (C=O) groups is 1. The summed E-state index contributed by atoms with van der Waals surface area (Å²) in [4.78, 5) is 12.4. The van der Waals surface area contributed by atoms with E-state index in [9.17, 15) is 4.79 Å². The van der Waals surface area contributed by atoms with Crippen LogP contribution in [-0.2, 0) is 17.8 Å². The molecule has 1 N–H and O–H groups in total. The summed E-state index contributed by atoms with van der Waals surface area (Å²) in [6.07, 6.45) is 2.63. The average Bonchev–Trinajstić information content (AvgIpc) is 3.10. The van der Waals surface area contributed by atoms with Gasteiger partial charge in [0.25, 0.3) is 0 Å². The van der Waals surface area contributed by atoms with Crippen LogP contribution in [0.4, 0.5) is 5.69 Å². The number of nitrogens with one attached hydrogen (secondary N) is 1. The number of benzene rings is 2. The number of thioether (sulfide) groups is 1. The number of aromatic nitrogens is 3. The number of anilines is 1. The lowest BCUT2D eigenvalue weighted by molar-refractivity contribution is -0.113. The Labute approximate surface area is 173 Å². The van der Waals surface area contributed by atoms with Gasteiger partial charge in [0.1, 0.15) is 0 Å². The van der Waals surface area contributed by atoms with E-state index in [1.54, 1.807) is 6.08 Å². The maximum absolute atomic E-state index is 12.4. The molecule has 28 heavy (non-hydrogen) atoms. The zero-order valence-corrected chi connectivity index (χ0v) is 17.1. The highest BCUT2D eigenvalue weighted by atomic mass is 35.5. The molecular weight excluding hydrogens is 392 g/mol. The summed E-state index contributed by atoms with van der Waals surface area (Å²) in [5.74, 6) is 0.804. The van der Waals surface area contributed by atoms with Crippen LogP contribution < -0.4 is 5.32 Å². The van der Waals surface area contributed by atoms with Crippen LogP contribution >= 0.6 is 23.4 Å². The van der Waals surface area contributed by atoms with E-state index >= 15 is 0 Å². The van der Waals surface area contributed by atoms with Gasteiger partial charge in [-0.05, 0) is 30.2 Å². The molecule has 7 heteroatoms. The van der Waals surface area contributed by atoms with E-state index < -0.39 is 0 Å². The van der Waals surface area contributed by atoms with Crippen molar-refractivity contribution >= 4 is 35.0 Å². The largest absolute Gasteiger partial charge is 0.325 e. The molecule has 5 nitrogen and oxygen atoms in total. The molecule has 0 aliphatic heterocycles. The molecular formula is C21H21ClN4OS. The minimum atomic E-state index is -0.0849. The van der Waals surface area contributed by atoms with E-state index in [1.165, 1.54) is 11.8 Å². The quantitative estimate of drug-likeness (QED) is 0.414. The van der Waals surface area contributed by atoms with Gasteiger partial charge in [-0.15, -0.1) is 16.8 Å². The van der Waals surface area contributed by atoms with E-state index in [-0.39, 0.29) is 11.7 Å². The second-order valence-electron chi connectivity index (χ2n) is 6.03. The van der Waals surface area contributed by atoms with E-state index in [2.05, 4.69) is 29.0 Å². The summed E-state index contributed by atoms with van der Waals surface area (Å²) in [6.45, 7) is 6.39. The summed E-state index contributed by atoms with van der Waals surface area (Å²) in [7, 11) is 0. The number of rotatable bonds is 8. The molecule has 0 atom stereocenters. The monoisotopic (exact) mass is 412 g/mol.